The maximum atomic E-state index is 12.6. The Morgan fingerprint density at radius 2 is 2.00 bits per heavy atom. The molecule has 5 heteroatoms. The van der Waals surface area contributed by atoms with Gasteiger partial charge < -0.3 is 4.74 Å². The molecule has 0 saturated carbocycles. The van der Waals surface area contributed by atoms with Crippen molar-refractivity contribution >= 4 is 5.78 Å². The third-order valence-corrected chi connectivity index (χ3v) is 1.84. The molecule has 16 heavy (non-hydrogen) atoms. The first-order valence-corrected chi connectivity index (χ1v) is 4.88. The Labute approximate surface area is 92.4 Å². The van der Waals surface area contributed by atoms with Crippen LogP contribution in [-0.4, -0.2) is 16.9 Å². The van der Waals surface area contributed by atoms with Crippen LogP contribution in [0.15, 0.2) is 12.1 Å². The Kier molecular flexibility index (Phi) is 3.93. The summed E-state index contributed by atoms with van der Waals surface area (Å²) in [6.07, 6.45) is -2.93. The number of ether oxygens (including phenoxy) is 1. The number of hydrogen-bond acceptors (Lipinski definition) is 3. The minimum absolute atomic E-state index is 0.0638. The SMILES string of the molecule is CC(=O)c1ccc(OC(C)C)nc1C(F)F. The highest BCUT2D eigenvalue weighted by Gasteiger charge is 2.19. The number of nitrogens with zero attached hydrogens (tertiary/aromatic N) is 1. The molecule has 0 saturated heterocycles. The Balaban J connectivity index is 3.12. The molecule has 0 aromatic carbocycles. The van der Waals surface area contributed by atoms with E-state index in [1.165, 1.54) is 19.1 Å². The number of Topliss-reactive ketones (excluding diaryl/α,β-unsaturated/α-hetero) is 1. The summed E-state index contributed by atoms with van der Waals surface area (Å²) in [5.41, 5.74) is -0.586. The summed E-state index contributed by atoms with van der Waals surface area (Å²) in [6, 6.07) is 2.73. The monoisotopic (exact) mass is 229 g/mol. The summed E-state index contributed by atoms with van der Waals surface area (Å²) >= 11 is 0. The Morgan fingerprint density at radius 1 is 1.38 bits per heavy atom. The van der Waals surface area contributed by atoms with E-state index in [1.807, 2.05) is 0 Å². The van der Waals surface area contributed by atoms with Gasteiger partial charge >= 0.3 is 0 Å². The number of alkyl halides is 2. The molecule has 1 aromatic heterocycles. The fraction of sp³-hybridized carbons (Fsp3) is 0.455. The quantitative estimate of drug-likeness (QED) is 0.745. The van der Waals surface area contributed by atoms with E-state index < -0.39 is 17.9 Å². The first-order valence-electron chi connectivity index (χ1n) is 4.88. The van der Waals surface area contributed by atoms with Crippen molar-refractivity contribution in [3.8, 4) is 5.88 Å². The van der Waals surface area contributed by atoms with Crippen LogP contribution in [0.25, 0.3) is 0 Å². The van der Waals surface area contributed by atoms with Crippen molar-refractivity contribution in [2.24, 2.45) is 0 Å². The number of carbonyl (C=O) groups is 1. The van der Waals surface area contributed by atoms with E-state index in [-0.39, 0.29) is 17.5 Å². The van der Waals surface area contributed by atoms with Crippen molar-refractivity contribution in [3.63, 3.8) is 0 Å². The van der Waals surface area contributed by atoms with Crippen molar-refractivity contribution in [3.05, 3.63) is 23.4 Å². The van der Waals surface area contributed by atoms with Crippen molar-refractivity contribution in [2.45, 2.75) is 33.3 Å². The highest BCUT2D eigenvalue weighted by Crippen LogP contribution is 2.24. The fourth-order valence-electron chi connectivity index (χ4n) is 1.23. The van der Waals surface area contributed by atoms with Gasteiger partial charge in [-0.05, 0) is 26.8 Å². The molecule has 1 aromatic rings. The molecule has 0 aliphatic carbocycles. The predicted octanol–water partition coefficient (Wildman–Crippen LogP) is 3.01. The average Bonchev–Trinajstić information content (AvgIpc) is 2.16. The second-order valence-corrected chi connectivity index (χ2v) is 3.61. The van der Waals surface area contributed by atoms with Crippen LogP contribution in [0.5, 0.6) is 5.88 Å². The van der Waals surface area contributed by atoms with Crippen molar-refractivity contribution in [2.75, 3.05) is 0 Å². The summed E-state index contributed by atoms with van der Waals surface area (Å²) < 4.78 is 30.5. The van der Waals surface area contributed by atoms with Crippen LogP contribution < -0.4 is 4.74 Å². The third-order valence-electron chi connectivity index (χ3n) is 1.84. The normalized spacial score (nSPS) is 10.9. The maximum Gasteiger partial charge on any atom is 0.281 e. The molecule has 3 nitrogen and oxygen atoms in total. The van der Waals surface area contributed by atoms with Crippen molar-refractivity contribution in [1.82, 2.24) is 4.98 Å². The fourth-order valence-corrected chi connectivity index (χ4v) is 1.23. The van der Waals surface area contributed by atoms with Gasteiger partial charge in [-0.3, -0.25) is 4.79 Å². The predicted molar refractivity (Wildman–Crippen MR) is 55.0 cm³/mol. The van der Waals surface area contributed by atoms with E-state index in [2.05, 4.69) is 4.98 Å². The molecule has 0 fully saturated rings. The molecule has 88 valence electrons. The van der Waals surface area contributed by atoms with E-state index in [0.717, 1.165) is 0 Å². The van der Waals surface area contributed by atoms with Crippen LogP contribution in [0.4, 0.5) is 8.78 Å². The van der Waals surface area contributed by atoms with Gasteiger partial charge in [-0.2, -0.15) is 0 Å². The lowest BCUT2D eigenvalue weighted by molar-refractivity contribution is 0.0994. The first-order chi connectivity index (χ1) is 7.41. The van der Waals surface area contributed by atoms with Gasteiger partial charge in [0.15, 0.2) is 5.78 Å². The van der Waals surface area contributed by atoms with Gasteiger partial charge in [0.05, 0.1) is 6.10 Å². The van der Waals surface area contributed by atoms with Crippen LogP contribution in [0.2, 0.25) is 0 Å². The lowest BCUT2D eigenvalue weighted by Crippen LogP contribution is -2.10. The number of pyridine rings is 1. The molecule has 1 heterocycles. The highest BCUT2D eigenvalue weighted by molar-refractivity contribution is 5.95. The molecule has 0 atom stereocenters. The smallest absolute Gasteiger partial charge is 0.281 e. The zero-order valence-electron chi connectivity index (χ0n) is 9.33. The van der Waals surface area contributed by atoms with Gasteiger partial charge in [0.25, 0.3) is 6.43 Å². The van der Waals surface area contributed by atoms with Crippen LogP contribution in [0.3, 0.4) is 0 Å². The van der Waals surface area contributed by atoms with Gasteiger partial charge in [-0.25, -0.2) is 13.8 Å². The number of hydrogen-bond donors (Lipinski definition) is 0. The van der Waals surface area contributed by atoms with E-state index in [0.29, 0.717) is 0 Å². The molecule has 0 aliphatic rings. The lowest BCUT2D eigenvalue weighted by Gasteiger charge is -2.11. The molecular formula is C11H13F2NO2. The summed E-state index contributed by atoms with van der Waals surface area (Å²) in [4.78, 5) is 14.7. The van der Waals surface area contributed by atoms with Crippen LogP contribution in [-0.2, 0) is 0 Å². The summed E-state index contributed by atoms with van der Waals surface area (Å²) in [5, 5.41) is 0. The number of aromatic nitrogens is 1. The molecule has 1 rings (SSSR count). The van der Waals surface area contributed by atoms with Gasteiger partial charge in [-0.15, -0.1) is 0 Å². The molecule has 0 spiro atoms. The molecule has 0 unspecified atom stereocenters. The topological polar surface area (TPSA) is 39.2 Å². The van der Waals surface area contributed by atoms with Gasteiger partial charge in [-0.1, -0.05) is 0 Å². The van der Waals surface area contributed by atoms with Crippen molar-refractivity contribution in [1.29, 1.82) is 0 Å². The standard InChI is InChI=1S/C11H13F2NO2/c1-6(2)16-9-5-4-8(7(3)15)10(14-9)11(12)13/h4-6,11H,1-3H3. The zero-order chi connectivity index (χ0) is 12.3. The van der Waals surface area contributed by atoms with Crippen LogP contribution >= 0.6 is 0 Å². The molecule has 0 N–H and O–H groups in total. The van der Waals surface area contributed by atoms with Gasteiger partial charge in [0.2, 0.25) is 5.88 Å². The Hall–Kier alpha value is -1.52. The third kappa shape index (κ3) is 2.98. The summed E-state index contributed by atoms with van der Waals surface area (Å²) in [6.45, 7) is 4.76. The van der Waals surface area contributed by atoms with Gasteiger partial charge in [0, 0.05) is 11.6 Å². The zero-order valence-corrected chi connectivity index (χ0v) is 9.33. The van der Waals surface area contributed by atoms with Crippen LogP contribution in [0, 0.1) is 0 Å². The van der Waals surface area contributed by atoms with E-state index in [9.17, 15) is 13.6 Å². The lowest BCUT2D eigenvalue weighted by atomic mass is 10.1. The molecular weight excluding hydrogens is 216 g/mol. The Bertz CT molecular complexity index is 392. The molecule has 0 bridgehead atoms. The largest absolute Gasteiger partial charge is 0.475 e. The minimum Gasteiger partial charge on any atom is -0.475 e. The van der Waals surface area contributed by atoms with E-state index >= 15 is 0 Å². The number of carbonyl (C=O) groups excluding carboxylic acids is 1. The Morgan fingerprint density at radius 3 is 2.44 bits per heavy atom. The van der Waals surface area contributed by atoms with Crippen molar-refractivity contribution < 1.29 is 18.3 Å². The number of halogens is 2. The molecule has 0 aliphatic heterocycles. The van der Waals surface area contributed by atoms with E-state index in [1.54, 1.807) is 13.8 Å². The van der Waals surface area contributed by atoms with E-state index in [4.69, 9.17) is 4.74 Å². The van der Waals surface area contributed by atoms with Crippen LogP contribution in [0.1, 0.15) is 43.2 Å². The molecule has 0 amide bonds. The summed E-state index contributed by atoms with van der Waals surface area (Å²) in [5.74, 6) is -0.325. The second kappa shape index (κ2) is 5.01. The number of rotatable bonds is 4. The second-order valence-electron chi connectivity index (χ2n) is 3.61. The summed E-state index contributed by atoms with van der Waals surface area (Å²) in [7, 11) is 0. The maximum absolute atomic E-state index is 12.6. The molecule has 0 radical (unpaired) electrons. The average molecular weight is 229 g/mol. The number of ketones is 1. The minimum atomic E-state index is -2.78. The first kappa shape index (κ1) is 12.5. The highest BCUT2D eigenvalue weighted by atomic mass is 19.3. The van der Waals surface area contributed by atoms with Gasteiger partial charge in [0.1, 0.15) is 5.69 Å².